The summed E-state index contributed by atoms with van der Waals surface area (Å²) in [4.78, 5) is 13.1. The van der Waals surface area contributed by atoms with E-state index in [1.54, 1.807) is 24.0 Å². The van der Waals surface area contributed by atoms with Gasteiger partial charge in [0.1, 0.15) is 4.90 Å². The summed E-state index contributed by atoms with van der Waals surface area (Å²) in [6.45, 7) is 11.5. The lowest BCUT2D eigenvalue weighted by atomic mass is 9.98. The highest BCUT2D eigenvalue weighted by Crippen LogP contribution is 2.26. The normalized spacial score (nSPS) is 19.0. The van der Waals surface area contributed by atoms with Crippen LogP contribution in [0.4, 0.5) is 0 Å². The molecule has 0 saturated carbocycles. The topological polar surface area (TPSA) is 102 Å². The van der Waals surface area contributed by atoms with E-state index in [0.29, 0.717) is 31.6 Å². The number of piperidine rings is 1. The summed E-state index contributed by atoms with van der Waals surface area (Å²) in [5, 5.41) is 11.6. The minimum absolute atomic E-state index is 0.118. The molecule has 3 rings (SSSR count). The first-order chi connectivity index (χ1) is 14.2. The summed E-state index contributed by atoms with van der Waals surface area (Å²) >= 11 is 0. The number of amides is 1. The molecule has 0 spiro atoms. The summed E-state index contributed by atoms with van der Waals surface area (Å²) in [5.41, 5.74) is 2.50. The van der Waals surface area contributed by atoms with Gasteiger partial charge in [0.2, 0.25) is 15.9 Å². The van der Waals surface area contributed by atoms with E-state index >= 15 is 0 Å². The van der Waals surface area contributed by atoms with E-state index in [2.05, 4.69) is 15.5 Å². The molecule has 2 aromatic rings. The fourth-order valence-corrected chi connectivity index (χ4v) is 5.74. The van der Waals surface area contributed by atoms with Gasteiger partial charge in [0.25, 0.3) is 0 Å². The number of nitrogens with one attached hydrogen (secondary N) is 1. The maximum atomic E-state index is 13.2. The number of aromatic nitrogens is 4. The predicted octanol–water partition coefficient (Wildman–Crippen LogP) is 2.01. The van der Waals surface area contributed by atoms with Gasteiger partial charge in [-0.1, -0.05) is 0 Å². The number of sulfonamides is 1. The number of rotatable bonds is 7. The van der Waals surface area contributed by atoms with Crippen molar-refractivity contribution in [2.24, 2.45) is 5.92 Å². The standard InChI is InChI=1S/C20H32N6O3S/c1-6-24-13-19(15(4)23-24)30(28,29)25-10-8-9-17(12-25)20(27)22-14(3)18-11-21-26(7-2)16(18)5/h11,13-14,17H,6-10,12H2,1-5H3,(H,22,27). The minimum Gasteiger partial charge on any atom is -0.349 e. The molecular weight excluding hydrogens is 404 g/mol. The third kappa shape index (κ3) is 4.29. The van der Waals surface area contributed by atoms with Crippen LogP contribution in [0.5, 0.6) is 0 Å². The Hall–Kier alpha value is -2.20. The summed E-state index contributed by atoms with van der Waals surface area (Å²) in [7, 11) is -3.68. The fourth-order valence-electron chi connectivity index (χ4n) is 4.04. The second kappa shape index (κ2) is 8.89. The smallest absolute Gasteiger partial charge is 0.246 e. The molecule has 30 heavy (non-hydrogen) atoms. The quantitative estimate of drug-likeness (QED) is 0.715. The largest absolute Gasteiger partial charge is 0.349 e. The SMILES string of the molecule is CCn1cc(S(=O)(=O)N2CCCC(C(=O)NC(C)c3cnn(CC)c3C)C2)c(C)n1. The molecule has 0 aliphatic carbocycles. The van der Waals surface area contributed by atoms with Gasteiger partial charge in [-0.2, -0.15) is 14.5 Å². The maximum Gasteiger partial charge on any atom is 0.246 e. The van der Waals surface area contributed by atoms with Crippen molar-refractivity contribution in [2.45, 2.75) is 71.5 Å². The number of hydrogen-bond acceptors (Lipinski definition) is 5. The van der Waals surface area contributed by atoms with Gasteiger partial charge in [0.05, 0.1) is 23.9 Å². The van der Waals surface area contributed by atoms with E-state index in [1.807, 2.05) is 32.4 Å². The average Bonchev–Trinajstić information content (AvgIpc) is 3.30. The second-order valence-corrected chi connectivity index (χ2v) is 9.77. The highest BCUT2D eigenvalue weighted by Gasteiger charge is 2.35. The lowest BCUT2D eigenvalue weighted by molar-refractivity contribution is -0.126. The van der Waals surface area contributed by atoms with Crippen LogP contribution in [-0.4, -0.2) is 51.3 Å². The zero-order chi connectivity index (χ0) is 22.1. The van der Waals surface area contributed by atoms with Gasteiger partial charge in [-0.3, -0.25) is 14.2 Å². The Morgan fingerprint density at radius 3 is 2.63 bits per heavy atom. The first kappa shape index (κ1) is 22.5. The Bertz CT molecular complexity index is 1010. The monoisotopic (exact) mass is 436 g/mol. The van der Waals surface area contributed by atoms with Crippen LogP contribution in [0.1, 0.15) is 56.6 Å². The van der Waals surface area contributed by atoms with Crippen molar-refractivity contribution in [2.75, 3.05) is 13.1 Å². The molecule has 1 N–H and O–H groups in total. The molecule has 1 fully saturated rings. The molecule has 2 atom stereocenters. The van der Waals surface area contributed by atoms with Gasteiger partial charge >= 0.3 is 0 Å². The predicted molar refractivity (Wildman–Crippen MR) is 113 cm³/mol. The van der Waals surface area contributed by atoms with Gasteiger partial charge in [-0.05, 0) is 47.5 Å². The lowest BCUT2D eigenvalue weighted by Crippen LogP contribution is -2.45. The minimum atomic E-state index is -3.68. The van der Waals surface area contributed by atoms with Crippen LogP contribution in [0.2, 0.25) is 0 Å². The molecule has 1 saturated heterocycles. The molecule has 2 unspecified atom stereocenters. The zero-order valence-corrected chi connectivity index (χ0v) is 19.2. The molecule has 9 nitrogen and oxygen atoms in total. The van der Waals surface area contributed by atoms with Gasteiger partial charge in [0, 0.05) is 43.6 Å². The average molecular weight is 437 g/mol. The van der Waals surface area contributed by atoms with Crippen molar-refractivity contribution in [1.29, 1.82) is 0 Å². The van der Waals surface area contributed by atoms with E-state index < -0.39 is 10.0 Å². The van der Waals surface area contributed by atoms with E-state index in [-0.39, 0.29) is 29.3 Å². The molecule has 1 aliphatic heterocycles. The van der Waals surface area contributed by atoms with Crippen LogP contribution in [0.3, 0.4) is 0 Å². The Morgan fingerprint density at radius 2 is 2.03 bits per heavy atom. The Morgan fingerprint density at radius 1 is 1.30 bits per heavy atom. The molecule has 0 radical (unpaired) electrons. The number of aryl methyl sites for hydroxylation is 3. The molecule has 10 heteroatoms. The summed E-state index contributed by atoms with van der Waals surface area (Å²) < 4.78 is 31.3. The molecule has 1 amide bonds. The van der Waals surface area contributed by atoms with E-state index in [0.717, 1.165) is 17.8 Å². The highest BCUT2D eigenvalue weighted by molar-refractivity contribution is 7.89. The molecule has 1 aliphatic rings. The van der Waals surface area contributed by atoms with E-state index in [4.69, 9.17) is 0 Å². The van der Waals surface area contributed by atoms with E-state index in [9.17, 15) is 13.2 Å². The van der Waals surface area contributed by atoms with Gasteiger partial charge < -0.3 is 5.32 Å². The second-order valence-electron chi connectivity index (χ2n) is 7.87. The number of hydrogen-bond donors (Lipinski definition) is 1. The van der Waals surface area contributed by atoms with Crippen molar-refractivity contribution in [3.05, 3.63) is 29.3 Å². The fraction of sp³-hybridized carbons (Fsp3) is 0.650. The van der Waals surface area contributed by atoms with Crippen molar-refractivity contribution < 1.29 is 13.2 Å². The lowest BCUT2D eigenvalue weighted by Gasteiger charge is -2.31. The van der Waals surface area contributed by atoms with E-state index in [1.165, 1.54) is 4.31 Å². The Balaban J connectivity index is 1.71. The highest BCUT2D eigenvalue weighted by atomic mass is 32.2. The number of carbonyl (C=O) groups excluding carboxylic acids is 1. The first-order valence-electron chi connectivity index (χ1n) is 10.6. The Labute approximate surface area is 178 Å². The molecular formula is C20H32N6O3S. The van der Waals surface area contributed by atoms with Crippen LogP contribution >= 0.6 is 0 Å². The van der Waals surface area contributed by atoms with Crippen molar-refractivity contribution in [3.8, 4) is 0 Å². The van der Waals surface area contributed by atoms with Gasteiger partial charge in [-0.15, -0.1) is 0 Å². The summed E-state index contributed by atoms with van der Waals surface area (Å²) in [6.07, 6.45) is 4.69. The molecule has 3 heterocycles. The number of carbonyl (C=O) groups is 1. The molecule has 2 aromatic heterocycles. The van der Waals surface area contributed by atoms with Gasteiger partial charge in [-0.25, -0.2) is 8.42 Å². The van der Waals surface area contributed by atoms with Crippen LogP contribution < -0.4 is 5.32 Å². The van der Waals surface area contributed by atoms with Crippen LogP contribution in [0.25, 0.3) is 0 Å². The molecule has 0 aromatic carbocycles. The zero-order valence-electron chi connectivity index (χ0n) is 18.4. The van der Waals surface area contributed by atoms with Crippen LogP contribution in [0.15, 0.2) is 17.3 Å². The van der Waals surface area contributed by atoms with Crippen molar-refractivity contribution in [1.82, 2.24) is 29.2 Å². The Kier molecular flexibility index (Phi) is 6.66. The van der Waals surface area contributed by atoms with Crippen LogP contribution in [-0.2, 0) is 27.9 Å². The maximum absolute atomic E-state index is 13.2. The number of nitrogens with zero attached hydrogens (tertiary/aromatic N) is 5. The molecule has 0 bridgehead atoms. The van der Waals surface area contributed by atoms with Crippen molar-refractivity contribution in [3.63, 3.8) is 0 Å². The molecule has 166 valence electrons. The third-order valence-corrected chi connectivity index (χ3v) is 7.83. The third-order valence-electron chi connectivity index (χ3n) is 5.86. The summed E-state index contributed by atoms with van der Waals surface area (Å²) in [6, 6.07) is -0.185. The van der Waals surface area contributed by atoms with Crippen LogP contribution in [0, 0.1) is 19.8 Å². The first-order valence-corrected chi connectivity index (χ1v) is 12.0. The van der Waals surface area contributed by atoms with Gasteiger partial charge in [0.15, 0.2) is 0 Å². The summed E-state index contributed by atoms with van der Waals surface area (Å²) in [5.74, 6) is -0.494. The van der Waals surface area contributed by atoms with Crippen molar-refractivity contribution >= 4 is 15.9 Å².